The van der Waals surface area contributed by atoms with E-state index in [1.54, 1.807) is 0 Å². The number of piperidine rings is 1. The standard InChI is InChI=1S/C15H31N3O/c1-4-7-9-17-15(19)12-18-10-8-14(16-6-3)13(5-2)11-18/h13-14,16H,4-12H2,1-3H3,(H,17,19). The lowest BCUT2D eigenvalue weighted by molar-refractivity contribution is -0.122. The van der Waals surface area contributed by atoms with Crippen LogP contribution in [0.25, 0.3) is 0 Å². The van der Waals surface area contributed by atoms with Crippen LogP contribution in [0.1, 0.15) is 46.5 Å². The molecule has 0 radical (unpaired) electrons. The number of unbranched alkanes of at least 4 members (excludes halogenated alkanes) is 1. The van der Waals surface area contributed by atoms with Crippen molar-refractivity contribution in [2.45, 2.75) is 52.5 Å². The third kappa shape index (κ3) is 5.91. The first-order valence-corrected chi connectivity index (χ1v) is 7.93. The van der Waals surface area contributed by atoms with Crippen molar-refractivity contribution >= 4 is 5.91 Å². The molecule has 1 aliphatic heterocycles. The van der Waals surface area contributed by atoms with Crippen LogP contribution in [0.5, 0.6) is 0 Å². The highest BCUT2D eigenvalue weighted by Crippen LogP contribution is 2.19. The summed E-state index contributed by atoms with van der Waals surface area (Å²) in [6.07, 6.45) is 4.55. The third-order valence-electron chi connectivity index (χ3n) is 4.03. The molecule has 4 nitrogen and oxygen atoms in total. The average molecular weight is 269 g/mol. The van der Waals surface area contributed by atoms with Gasteiger partial charge in [0.2, 0.25) is 5.91 Å². The van der Waals surface area contributed by atoms with Crippen LogP contribution in [0.4, 0.5) is 0 Å². The molecule has 4 heteroatoms. The molecule has 0 saturated carbocycles. The van der Waals surface area contributed by atoms with Crippen molar-refractivity contribution in [3.05, 3.63) is 0 Å². The van der Waals surface area contributed by atoms with Crippen molar-refractivity contribution in [2.24, 2.45) is 5.92 Å². The largest absolute Gasteiger partial charge is 0.355 e. The van der Waals surface area contributed by atoms with Gasteiger partial charge in [-0.3, -0.25) is 9.69 Å². The minimum absolute atomic E-state index is 0.185. The number of rotatable bonds is 8. The van der Waals surface area contributed by atoms with E-state index in [4.69, 9.17) is 0 Å². The smallest absolute Gasteiger partial charge is 0.234 e. The van der Waals surface area contributed by atoms with Crippen molar-refractivity contribution < 1.29 is 4.79 Å². The lowest BCUT2D eigenvalue weighted by atomic mass is 9.90. The van der Waals surface area contributed by atoms with Crippen LogP contribution >= 0.6 is 0 Å². The highest BCUT2D eigenvalue weighted by Gasteiger charge is 2.27. The second-order valence-electron chi connectivity index (χ2n) is 5.56. The predicted molar refractivity (Wildman–Crippen MR) is 80.2 cm³/mol. The molecule has 2 atom stereocenters. The zero-order valence-electron chi connectivity index (χ0n) is 12.9. The number of carbonyl (C=O) groups is 1. The van der Waals surface area contributed by atoms with Crippen molar-refractivity contribution in [3.8, 4) is 0 Å². The van der Waals surface area contributed by atoms with Gasteiger partial charge >= 0.3 is 0 Å². The maximum atomic E-state index is 11.8. The van der Waals surface area contributed by atoms with Gasteiger partial charge in [0, 0.05) is 25.7 Å². The topological polar surface area (TPSA) is 44.4 Å². The van der Waals surface area contributed by atoms with Gasteiger partial charge < -0.3 is 10.6 Å². The fourth-order valence-corrected chi connectivity index (χ4v) is 2.86. The Morgan fingerprint density at radius 1 is 1.32 bits per heavy atom. The number of nitrogens with zero attached hydrogens (tertiary/aromatic N) is 1. The van der Waals surface area contributed by atoms with Gasteiger partial charge in [-0.1, -0.05) is 33.6 Å². The number of amides is 1. The Kier molecular flexibility index (Phi) is 8.07. The number of likely N-dealkylation sites (tertiary alicyclic amines) is 1. The summed E-state index contributed by atoms with van der Waals surface area (Å²) in [6.45, 7) is 11.1. The van der Waals surface area contributed by atoms with Crippen LogP contribution in [-0.4, -0.2) is 49.6 Å². The number of nitrogens with one attached hydrogen (secondary N) is 2. The van der Waals surface area contributed by atoms with Gasteiger partial charge in [-0.2, -0.15) is 0 Å². The second kappa shape index (κ2) is 9.32. The molecular formula is C15H31N3O. The molecule has 0 aliphatic carbocycles. The molecule has 1 fully saturated rings. The molecule has 2 N–H and O–H groups in total. The molecule has 0 bridgehead atoms. The molecule has 1 aliphatic rings. The van der Waals surface area contributed by atoms with Crippen molar-refractivity contribution in [1.82, 2.24) is 15.5 Å². The summed E-state index contributed by atoms with van der Waals surface area (Å²) < 4.78 is 0. The minimum Gasteiger partial charge on any atom is -0.355 e. The molecule has 0 aromatic rings. The lowest BCUT2D eigenvalue weighted by Crippen LogP contribution is -2.51. The van der Waals surface area contributed by atoms with Gasteiger partial charge in [0.15, 0.2) is 0 Å². The molecule has 19 heavy (non-hydrogen) atoms. The highest BCUT2D eigenvalue weighted by molar-refractivity contribution is 5.77. The summed E-state index contributed by atoms with van der Waals surface area (Å²) in [5.74, 6) is 0.863. The van der Waals surface area contributed by atoms with Crippen LogP contribution in [-0.2, 0) is 4.79 Å². The van der Waals surface area contributed by atoms with Gasteiger partial charge in [-0.05, 0) is 25.3 Å². The number of carbonyl (C=O) groups excluding carboxylic acids is 1. The Bertz CT molecular complexity index is 258. The Morgan fingerprint density at radius 2 is 2.11 bits per heavy atom. The zero-order chi connectivity index (χ0) is 14.1. The molecule has 0 aromatic carbocycles. The Labute approximate surface area is 118 Å². The van der Waals surface area contributed by atoms with E-state index in [0.717, 1.165) is 45.4 Å². The van der Waals surface area contributed by atoms with E-state index < -0.39 is 0 Å². The van der Waals surface area contributed by atoms with Crippen LogP contribution in [0.2, 0.25) is 0 Å². The van der Waals surface area contributed by atoms with Gasteiger partial charge in [-0.25, -0.2) is 0 Å². The van der Waals surface area contributed by atoms with Crippen molar-refractivity contribution in [2.75, 3.05) is 32.7 Å². The molecule has 0 aromatic heterocycles. The average Bonchev–Trinajstić information content (AvgIpc) is 2.41. The quantitative estimate of drug-likeness (QED) is 0.658. The molecular weight excluding hydrogens is 238 g/mol. The van der Waals surface area contributed by atoms with Crippen LogP contribution in [0, 0.1) is 5.92 Å². The summed E-state index contributed by atoms with van der Waals surface area (Å²) in [4.78, 5) is 14.1. The van der Waals surface area contributed by atoms with E-state index in [-0.39, 0.29) is 5.91 Å². The van der Waals surface area contributed by atoms with E-state index in [9.17, 15) is 4.79 Å². The number of hydrogen-bond acceptors (Lipinski definition) is 3. The first kappa shape index (κ1) is 16.4. The zero-order valence-corrected chi connectivity index (χ0v) is 12.9. The van der Waals surface area contributed by atoms with Gasteiger partial charge in [0.05, 0.1) is 6.54 Å². The molecule has 1 saturated heterocycles. The Balaban J connectivity index is 2.30. The van der Waals surface area contributed by atoms with Crippen LogP contribution < -0.4 is 10.6 Å². The molecule has 1 amide bonds. The lowest BCUT2D eigenvalue weighted by Gasteiger charge is -2.38. The summed E-state index contributed by atoms with van der Waals surface area (Å²) in [5, 5.41) is 6.58. The van der Waals surface area contributed by atoms with E-state index in [0.29, 0.717) is 18.5 Å². The molecule has 1 heterocycles. The van der Waals surface area contributed by atoms with Crippen molar-refractivity contribution in [1.29, 1.82) is 0 Å². The fourth-order valence-electron chi connectivity index (χ4n) is 2.86. The summed E-state index contributed by atoms with van der Waals surface area (Å²) in [7, 11) is 0. The van der Waals surface area contributed by atoms with E-state index >= 15 is 0 Å². The van der Waals surface area contributed by atoms with Gasteiger partial charge in [-0.15, -0.1) is 0 Å². The molecule has 1 rings (SSSR count). The van der Waals surface area contributed by atoms with Gasteiger partial charge in [0.25, 0.3) is 0 Å². The third-order valence-corrected chi connectivity index (χ3v) is 4.03. The van der Waals surface area contributed by atoms with E-state index in [1.165, 1.54) is 6.42 Å². The van der Waals surface area contributed by atoms with E-state index in [2.05, 4.69) is 36.3 Å². The monoisotopic (exact) mass is 269 g/mol. The highest BCUT2D eigenvalue weighted by atomic mass is 16.2. The van der Waals surface area contributed by atoms with Crippen LogP contribution in [0.3, 0.4) is 0 Å². The Morgan fingerprint density at radius 3 is 2.74 bits per heavy atom. The van der Waals surface area contributed by atoms with Gasteiger partial charge in [0.1, 0.15) is 0 Å². The fraction of sp³-hybridized carbons (Fsp3) is 0.933. The predicted octanol–water partition coefficient (Wildman–Crippen LogP) is 1.61. The summed E-state index contributed by atoms with van der Waals surface area (Å²) in [6, 6.07) is 0.634. The second-order valence-corrected chi connectivity index (χ2v) is 5.56. The normalized spacial score (nSPS) is 24.4. The summed E-state index contributed by atoms with van der Waals surface area (Å²) >= 11 is 0. The van der Waals surface area contributed by atoms with Crippen molar-refractivity contribution in [3.63, 3.8) is 0 Å². The summed E-state index contributed by atoms with van der Waals surface area (Å²) in [5.41, 5.74) is 0. The van der Waals surface area contributed by atoms with Crippen LogP contribution in [0.15, 0.2) is 0 Å². The molecule has 2 unspecified atom stereocenters. The van der Waals surface area contributed by atoms with E-state index in [1.807, 2.05) is 0 Å². The first-order chi connectivity index (χ1) is 9.21. The first-order valence-electron chi connectivity index (χ1n) is 7.93. The number of hydrogen-bond donors (Lipinski definition) is 2. The maximum absolute atomic E-state index is 11.8. The molecule has 0 spiro atoms. The SMILES string of the molecule is CCCCNC(=O)CN1CCC(NCC)C(CC)C1. The minimum atomic E-state index is 0.185. The molecule has 112 valence electrons. The Hall–Kier alpha value is -0.610. The maximum Gasteiger partial charge on any atom is 0.234 e.